The number of rotatable bonds is 7. The zero-order valence-corrected chi connectivity index (χ0v) is 19.0. The number of aromatic nitrogens is 1. The molecule has 2 aromatic carbocycles. The maximum absolute atomic E-state index is 13.6. The molecular formula is C26H24N2O6. The van der Waals surface area contributed by atoms with E-state index in [4.69, 9.17) is 14.2 Å². The SMILES string of the molecule is COc1cccc(C([O-])=C2C(=O)C(=O)N(Cc3ccc[nH+]c3)C2c2cccc(OC)c2OC)c1. The van der Waals surface area contributed by atoms with Crippen LogP contribution in [0.1, 0.15) is 22.7 Å². The highest BCUT2D eigenvalue weighted by atomic mass is 16.5. The third kappa shape index (κ3) is 4.05. The van der Waals surface area contributed by atoms with E-state index in [1.807, 2.05) is 6.07 Å². The van der Waals surface area contributed by atoms with E-state index in [9.17, 15) is 14.7 Å². The Morgan fingerprint density at radius 2 is 1.79 bits per heavy atom. The van der Waals surface area contributed by atoms with Gasteiger partial charge < -0.3 is 24.2 Å². The minimum Gasteiger partial charge on any atom is -0.872 e. The summed E-state index contributed by atoms with van der Waals surface area (Å²) in [5, 5.41) is 13.6. The summed E-state index contributed by atoms with van der Waals surface area (Å²) in [6.45, 7) is 0.113. The Balaban J connectivity index is 1.94. The second-order valence-corrected chi connectivity index (χ2v) is 7.63. The number of aromatic amines is 1. The van der Waals surface area contributed by atoms with Crippen LogP contribution in [0, 0.1) is 0 Å². The molecule has 3 aromatic rings. The molecule has 1 saturated heterocycles. The molecule has 2 heterocycles. The van der Waals surface area contributed by atoms with E-state index < -0.39 is 23.5 Å². The summed E-state index contributed by atoms with van der Waals surface area (Å²) in [6.07, 6.45) is 3.48. The van der Waals surface area contributed by atoms with Crippen molar-refractivity contribution in [2.45, 2.75) is 12.6 Å². The fourth-order valence-electron chi connectivity index (χ4n) is 4.13. The molecule has 1 unspecified atom stereocenters. The van der Waals surface area contributed by atoms with E-state index in [2.05, 4.69) is 4.98 Å². The first kappa shape index (κ1) is 22.8. The van der Waals surface area contributed by atoms with Gasteiger partial charge in [-0.2, -0.15) is 0 Å². The van der Waals surface area contributed by atoms with Gasteiger partial charge in [0.1, 0.15) is 5.75 Å². The van der Waals surface area contributed by atoms with Crippen molar-refractivity contribution in [2.24, 2.45) is 0 Å². The molecule has 1 amide bonds. The minimum absolute atomic E-state index is 0.113. The van der Waals surface area contributed by atoms with Crippen molar-refractivity contribution >= 4 is 17.4 Å². The third-order valence-electron chi connectivity index (χ3n) is 5.71. The summed E-state index contributed by atoms with van der Waals surface area (Å²) in [5.74, 6) is -0.914. The number of hydrogen-bond acceptors (Lipinski definition) is 6. The second kappa shape index (κ2) is 9.66. The summed E-state index contributed by atoms with van der Waals surface area (Å²) in [7, 11) is 4.46. The van der Waals surface area contributed by atoms with Crippen LogP contribution in [-0.4, -0.2) is 37.9 Å². The van der Waals surface area contributed by atoms with Gasteiger partial charge in [-0.1, -0.05) is 30.0 Å². The molecule has 174 valence electrons. The van der Waals surface area contributed by atoms with Gasteiger partial charge in [0.2, 0.25) is 5.78 Å². The van der Waals surface area contributed by atoms with Crippen molar-refractivity contribution in [3.8, 4) is 17.2 Å². The molecule has 8 nitrogen and oxygen atoms in total. The lowest BCUT2D eigenvalue weighted by atomic mass is 9.94. The van der Waals surface area contributed by atoms with Crippen LogP contribution in [-0.2, 0) is 16.1 Å². The van der Waals surface area contributed by atoms with Gasteiger partial charge in [0, 0.05) is 22.8 Å². The molecule has 1 aromatic heterocycles. The van der Waals surface area contributed by atoms with Crippen LogP contribution in [0.2, 0.25) is 0 Å². The van der Waals surface area contributed by atoms with Gasteiger partial charge in [-0.3, -0.25) is 9.59 Å². The lowest BCUT2D eigenvalue weighted by molar-refractivity contribution is -0.378. The zero-order valence-electron chi connectivity index (χ0n) is 19.0. The first-order valence-corrected chi connectivity index (χ1v) is 10.6. The monoisotopic (exact) mass is 460 g/mol. The Labute approximate surface area is 197 Å². The number of amides is 1. The quantitative estimate of drug-likeness (QED) is 0.303. The molecule has 1 aliphatic heterocycles. The van der Waals surface area contributed by atoms with Crippen LogP contribution in [0.25, 0.3) is 5.76 Å². The highest BCUT2D eigenvalue weighted by Crippen LogP contribution is 2.45. The number of likely N-dealkylation sites (tertiary alicyclic amines) is 1. The summed E-state index contributed by atoms with van der Waals surface area (Å²) >= 11 is 0. The highest BCUT2D eigenvalue weighted by Gasteiger charge is 2.45. The summed E-state index contributed by atoms with van der Waals surface area (Å²) < 4.78 is 16.2. The standard InChI is InChI=1S/C26H24N2O6/c1-32-18-9-4-8-17(13-18)23(29)21-22(19-10-5-11-20(33-2)25(19)34-3)28(26(31)24(21)30)15-16-7-6-12-27-14-16/h4-14,22,29H,15H2,1-3H3. The van der Waals surface area contributed by atoms with Gasteiger partial charge in [-0.15, -0.1) is 0 Å². The van der Waals surface area contributed by atoms with E-state index >= 15 is 0 Å². The number of hydrogen-bond donors (Lipinski definition) is 0. The highest BCUT2D eigenvalue weighted by molar-refractivity contribution is 6.46. The number of para-hydroxylation sites is 1. The number of nitrogens with zero attached hydrogens (tertiary/aromatic N) is 1. The van der Waals surface area contributed by atoms with Crippen molar-refractivity contribution in [1.82, 2.24) is 4.90 Å². The Bertz CT molecular complexity index is 1260. The van der Waals surface area contributed by atoms with Gasteiger partial charge in [0.15, 0.2) is 23.9 Å². The first-order valence-electron chi connectivity index (χ1n) is 10.6. The number of methoxy groups -OCH3 is 3. The lowest BCUT2D eigenvalue weighted by Crippen LogP contribution is -2.30. The molecule has 8 heteroatoms. The average molecular weight is 460 g/mol. The van der Waals surface area contributed by atoms with Crippen LogP contribution in [0.15, 0.2) is 72.6 Å². The molecule has 4 rings (SSSR count). The molecule has 0 saturated carbocycles. The minimum atomic E-state index is -0.969. The molecule has 1 atom stereocenters. The Morgan fingerprint density at radius 3 is 2.47 bits per heavy atom. The van der Waals surface area contributed by atoms with Crippen LogP contribution >= 0.6 is 0 Å². The first-order chi connectivity index (χ1) is 16.5. The average Bonchev–Trinajstić information content (AvgIpc) is 3.13. The van der Waals surface area contributed by atoms with Crippen LogP contribution in [0.3, 0.4) is 0 Å². The maximum Gasteiger partial charge on any atom is 0.295 e. The maximum atomic E-state index is 13.6. The van der Waals surface area contributed by atoms with Crippen molar-refractivity contribution < 1.29 is 33.9 Å². The molecule has 1 N–H and O–H groups in total. The second-order valence-electron chi connectivity index (χ2n) is 7.63. The number of H-pyrrole nitrogens is 1. The number of pyridine rings is 1. The summed E-state index contributed by atoms with van der Waals surface area (Å²) in [5.41, 5.74) is 1.35. The van der Waals surface area contributed by atoms with E-state index in [-0.39, 0.29) is 17.7 Å². The van der Waals surface area contributed by atoms with Crippen molar-refractivity contribution in [3.05, 3.63) is 89.3 Å². The smallest absolute Gasteiger partial charge is 0.295 e. The van der Waals surface area contributed by atoms with Gasteiger partial charge in [-0.25, -0.2) is 4.98 Å². The molecule has 0 radical (unpaired) electrons. The van der Waals surface area contributed by atoms with Gasteiger partial charge >= 0.3 is 0 Å². The van der Waals surface area contributed by atoms with Crippen molar-refractivity contribution in [1.29, 1.82) is 0 Å². The number of ether oxygens (including phenoxy) is 3. The van der Waals surface area contributed by atoms with E-state index in [0.717, 1.165) is 5.56 Å². The molecule has 0 spiro atoms. The van der Waals surface area contributed by atoms with E-state index in [1.165, 1.54) is 26.2 Å². The van der Waals surface area contributed by atoms with Crippen molar-refractivity contribution in [3.63, 3.8) is 0 Å². The van der Waals surface area contributed by atoms with Crippen LogP contribution < -0.4 is 24.3 Å². The van der Waals surface area contributed by atoms with Gasteiger partial charge in [0.25, 0.3) is 5.91 Å². The van der Waals surface area contributed by atoms with E-state index in [1.54, 1.807) is 60.9 Å². The fourth-order valence-corrected chi connectivity index (χ4v) is 4.13. The third-order valence-corrected chi connectivity index (χ3v) is 5.71. The predicted octanol–water partition coefficient (Wildman–Crippen LogP) is 1.95. The molecule has 1 aliphatic rings. The number of nitrogens with one attached hydrogen (secondary N) is 1. The molecule has 34 heavy (non-hydrogen) atoms. The number of benzene rings is 2. The number of carbonyl (C=O) groups is 2. The fraction of sp³-hybridized carbons (Fsp3) is 0.192. The normalized spacial score (nSPS) is 17.0. The molecule has 1 fully saturated rings. The van der Waals surface area contributed by atoms with Crippen LogP contribution in [0.5, 0.6) is 17.2 Å². The molecule has 0 bridgehead atoms. The number of carbonyl (C=O) groups excluding carboxylic acids is 2. The zero-order chi connectivity index (χ0) is 24.2. The largest absolute Gasteiger partial charge is 0.872 e. The van der Waals surface area contributed by atoms with Crippen LogP contribution in [0.4, 0.5) is 0 Å². The van der Waals surface area contributed by atoms with Gasteiger partial charge in [-0.05, 0) is 29.8 Å². The topological polar surface area (TPSA) is 102 Å². The number of ketones is 1. The molecular weight excluding hydrogens is 436 g/mol. The molecule has 0 aliphatic carbocycles. The Morgan fingerprint density at radius 1 is 1.00 bits per heavy atom. The van der Waals surface area contributed by atoms with E-state index in [0.29, 0.717) is 22.8 Å². The van der Waals surface area contributed by atoms with Gasteiger partial charge in [0.05, 0.1) is 33.9 Å². The predicted molar refractivity (Wildman–Crippen MR) is 121 cm³/mol. The lowest BCUT2D eigenvalue weighted by Gasteiger charge is -2.29. The number of Topliss-reactive ketones (excluding diaryl/α,β-unsaturated/α-hetero) is 1. The Kier molecular flexibility index (Phi) is 6.49. The summed E-state index contributed by atoms with van der Waals surface area (Å²) in [6, 6.07) is 14.3. The summed E-state index contributed by atoms with van der Waals surface area (Å²) in [4.78, 5) is 30.8. The van der Waals surface area contributed by atoms with Crippen molar-refractivity contribution in [2.75, 3.05) is 21.3 Å². The Hall–Kier alpha value is -4.33.